The zero-order chi connectivity index (χ0) is 13.3. The quantitative estimate of drug-likeness (QED) is 0.648. The van der Waals surface area contributed by atoms with E-state index in [1.165, 1.54) is 12.1 Å². The summed E-state index contributed by atoms with van der Waals surface area (Å²) in [6, 6.07) is 3.96. The van der Waals surface area contributed by atoms with Crippen LogP contribution in [-0.2, 0) is 0 Å². The van der Waals surface area contributed by atoms with Gasteiger partial charge in [0, 0.05) is 24.5 Å². The number of aryl methyl sites for hydroxylation is 1. The number of nitro benzene ring substituents is 1. The summed E-state index contributed by atoms with van der Waals surface area (Å²) in [7, 11) is 0. The highest BCUT2D eigenvalue weighted by Gasteiger charge is 2.16. The molecule has 1 aromatic heterocycles. The number of benzene rings is 1. The summed E-state index contributed by atoms with van der Waals surface area (Å²) in [5, 5.41) is 10.7. The third-order valence-corrected chi connectivity index (χ3v) is 2.54. The molecule has 1 amide bonds. The molecule has 2 aromatic rings. The van der Waals surface area contributed by atoms with Crippen molar-refractivity contribution in [2.75, 3.05) is 0 Å². The average molecular weight is 246 g/mol. The van der Waals surface area contributed by atoms with Crippen molar-refractivity contribution in [3.63, 3.8) is 0 Å². The van der Waals surface area contributed by atoms with Crippen molar-refractivity contribution in [1.82, 2.24) is 9.55 Å². The van der Waals surface area contributed by atoms with Crippen LogP contribution in [0.5, 0.6) is 0 Å². The van der Waals surface area contributed by atoms with Crippen LogP contribution in [0.25, 0.3) is 5.69 Å². The molecule has 0 fully saturated rings. The second kappa shape index (κ2) is 4.28. The zero-order valence-corrected chi connectivity index (χ0v) is 9.53. The monoisotopic (exact) mass is 246 g/mol. The Balaban J connectivity index is 2.65. The van der Waals surface area contributed by atoms with E-state index in [9.17, 15) is 14.9 Å². The van der Waals surface area contributed by atoms with Gasteiger partial charge in [0.05, 0.1) is 16.2 Å². The topological polar surface area (TPSA) is 104 Å². The van der Waals surface area contributed by atoms with Gasteiger partial charge in [-0.1, -0.05) is 0 Å². The predicted octanol–water partition coefficient (Wildman–Crippen LogP) is 1.19. The molecule has 92 valence electrons. The molecule has 18 heavy (non-hydrogen) atoms. The molecule has 0 aliphatic heterocycles. The van der Waals surface area contributed by atoms with Gasteiger partial charge < -0.3 is 10.3 Å². The number of aromatic nitrogens is 2. The Morgan fingerprint density at radius 2 is 2.22 bits per heavy atom. The molecule has 1 aromatic carbocycles. The summed E-state index contributed by atoms with van der Waals surface area (Å²) >= 11 is 0. The smallest absolute Gasteiger partial charge is 0.270 e. The molecule has 0 bridgehead atoms. The van der Waals surface area contributed by atoms with Crippen molar-refractivity contribution in [3.8, 4) is 5.69 Å². The van der Waals surface area contributed by atoms with Crippen molar-refractivity contribution in [2.24, 2.45) is 5.73 Å². The van der Waals surface area contributed by atoms with E-state index in [-0.39, 0.29) is 11.3 Å². The molecule has 2 N–H and O–H groups in total. The standard InChI is InChI=1S/C11H10N4O3/c1-7-13-4-5-14(7)10-3-2-8(15(17)18)6-9(10)11(12)16/h2-6H,1H3,(H2,12,16). The van der Waals surface area contributed by atoms with E-state index in [4.69, 9.17) is 5.73 Å². The number of hydrogen-bond acceptors (Lipinski definition) is 4. The van der Waals surface area contributed by atoms with Gasteiger partial charge in [-0.15, -0.1) is 0 Å². The van der Waals surface area contributed by atoms with Crippen LogP contribution < -0.4 is 5.73 Å². The molecule has 0 spiro atoms. The fourth-order valence-corrected chi connectivity index (χ4v) is 1.68. The second-order valence-corrected chi connectivity index (χ2v) is 3.67. The number of amides is 1. The van der Waals surface area contributed by atoms with Gasteiger partial charge in [-0.05, 0) is 13.0 Å². The highest BCUT2D eigenvalue weighted by atomic mass is 16.6. The fraction of sp³-hybridized carbons (Fsp3) is 0.0909. The maximum atomic E-state index is 11.4. The molecule has 0 aliphatic rings. The molecule has 0 atom stereocenters. The van der Waals surface area contributed by atoms with E-state index in [2.05, 4.69) is 4.98 Å². The minimum absolute atomic E-state index is 0.0882. The largest absolute Gasteiger partial charge is 0.366 e. The van der Waals surface area contributed by atoms with Gasteiger partial charge in [0.15, 0.2) is 0 Å². The SMILES string of the molecule is Cc1nccn1-c1ccc([N+](=O)[O-])cc1C(N)=O. The molecule has 7 heteroatoms. The Kier molecular flexibility index (Phi) is 2.80. The third-order valence-electron chi connectivity index (χ3n) is 2.54. The minimum atomic E-state index is -0.721. The molecule has 0 unspecified atom stereocenters. The lowest BCUT2D eigenvalue weighted by Crippen LogP contribution is -2.15. The van der Waals surface area contributed by atoms with Crippen molar-refractivity contribution in [3.05, 3.63) is 52.1 Å². The molecule has 0 aliphatic carbocycles. The lowest BCUT2D eigenvalue weighted by atomic mass is 10.1. The number of imidazole rings is 1. The first kappa shape index (κ1) is 11.8. The second-order valence-electron chi connectivity index (χ2n) is 3.67. The van der Waals surface area contributed by atoms with E-state index in [0.717, 1.165) is 6.07 Å². The lowest BCUT2D eigenvalue weighted by Gasteiger charge is -2.09. The van der Waals surface area contributed by atoms with Crippen LogP contribution in [0.1, 0.15) is 16.2 Å². The van der Waals surface area contributed by atoms with Crippen molar-refractivity contribution < 1.29 is 9.72 Å². The fourth-order valence-electron chi connectivity index (χ4n) is 1.68. The van der Waals surface area contributed by atoms with E-state index in [1.54, 1.807) is 23.9 Å². The van der Waals surface area contributed by atoms with Gasteiger partial charge in [-0.2, -0.15) is 0 Å². The number of non-ortho nitro benzene ring substituents is 1. The molecule has 7 nitrogen and oxygen atoms in total. The van der Waals surface area contributed by atoms with Gasteiger partial charge in [0.1, 0.15) is 5.82 Å². The summed E-state index contributed by atoms with van der Waals surface area (Å²) in [4.78, 5) is 25.5. The van der Waals surface area contributed by atoms with Crippen LogP contribution in [0.2, 0.25) is 0 Å². The van der Waals surface area contributed by atoms with Crippen molar-refractivity contribution in [1.29, 1.82) is 0 Å². The first-order chi connectivity index (χ1) is 8.50. The lowest BCUT2D eigenvalue weighted by molar-refractivity contribution is -0.384. The number of rotatable bonds is 3. The molecular weight excluding hydrogens is 236 g/mol. The number of carbonyl (C=O) groups excluding carboxylic acids is 1. The highest BCUT2D eigenvalue weighted by molar-refractivity contribution is 5.97. The van der Waals surface area contributed by atoms with E-state index in [1.807, 2.05) is 0 Å². The van der Waals surface area contributed by atoms with Crippen molar-refractivity contribution in [2.45, 2.75) is 6.92 Å². The molecule has 0 radical (unpaired) electrons. The number of nitro groups is 1. The van der Waals surface area contributed by atoms with Gasteiger partial charge in [-0.3, -0.25) is 14.9 Å². The normalized spacial score (nSPS) is 10.3. The zero-order valence-electron chi connectivity index (χ0n) is 9.53. The summed E-state index contributed by atoms with van der Waals surface area (Å²) in [6.45, 7) is 1.76. The Labute approximate surface area is 102 Å². The average Bonchev–Trinajstić information content (AvgIpc) is 2.74. The van der Waals surface area contributed by atoms with Crippen LogP contribution in [0.15, 0.2) is 30.6 Å². The van der Waals surface area contributed by atoms with Gasteiger partial charge >= 0.3 is 0 Å². The molecule has 2 rings (SSSR count). The van der Waals surface area contributed by atoms with Crippen LogP contribution in [0.3, 0.4) is 0 Å². The third kappa shape index (κ3) is 1.93. The highest BCUT2D eigenvalue weighted by Crippen LogP contribution is 2.21. The summed E-state index contributed by atoms with van der Waals surface area (Å²) < 4.78 is 1.64. The van der Waals surface area contributed by atoms with E-state index in [0.29, 0.717) is 11.5 Å². The Morgan fingerprint density at radius 3 is 2.72 bits per heavy atom. The Bertz CT molecular complexity index is 633. The molecule has 1 heterocycles. The molecule has 0 saturated carbocycles. The van der Waals surface area contributed by atoms with Gasteiger partial charge in [0.25, 0.3) is 11.6 Å². The van der Waals surface area contributed by atoms with Crippen LogP contribution >= 0.6 is 0 Å². The van der Waals surface area contributed by atoms with Gasteiger partial charge in [-0.25, -0.2) is 4.98 Å². The summed E-state index contributed by atoms with van der Waals surface area (Å²) in [5.74, 6) is -0.0619. The first-order valence-corrected chi connectivity index (χ1v) is 5.09. The van der Waals surface area contributed by atoms with Crippen LogP contribution in [0.4, 0.5) is 5.69 Å². The summed E-state index contributed by atoms with van der Waals surface area (Å²) in [5.41, 5.74) is 5.63. The Morgan fingerprint density at radius 1 is 1.50 bits per heavy atom. The number of hydrogen-bond donors (Lipinski definition) is 1. The first-order valence-electron chi connectivity index (χ1n) is 5.09. The number of nitrogens with two attached hydrogens (primary N) is 1. The van der Waals surface area contributed by atoms with E-state index >= 15 is 0 Å². The number of carbonyl (C=O) groups is 1. The number of primary amides is 1. The van der Waals surface area contributed by atoms with E-state index < -0.39 is 10.8 Å². The number of nitrogens with zero attached hydrogens (tertiary/aromatic N) is 3. The minimum Gasteiger partial charge on any atom is -0.366 e. The molecular formula is C11H10N4O3. The van der Waals surface area contributed by atoms with Crippen LogP contribution in [0, 0.1) is 17.0 Å². The molecule has 0 saturated heterocycles. The Hall–Kier alpha value is -2.70. The maximum absolute atomic E-state index is 11.4. The predicted molar refractivity (Wildman–Crippen MR) is 63.5 cm³/mol. The maximum Gasteiger partial charge on any atom is 0.270 e. The summed E-state index contributed by atoms with van der Waals surface area (Å²) in [6.07, 6.45) is 3.23. The van der Waals surface area contributed by atoms with Gasteiger partial charge in [0.2, 0.25) is 0 Å². The van der Waals surface area contributed by atoms with Crippen molar-refractivity contribution >= 4 is 11.6 Å². The van der Waals surface area contributed by atoms with Crippen LogP contribution in [-0.4, -0.2) is 20.4 Å².